The predicted molar refractivity (Wildman–Crippen MR) is 79.2 cm³/mol. The van der Waals surface area contributed by atoms with E-state index in [1.807, 2.05) is 0 Å². The van der Waals surface area contributed by atoms with Crippen LogP contribution < -0.4 is 0 Å². The monoisotopic (exact) mass is 322 g/mol. The molecule has 5 nitrogen and oxygen atoms in total. The van der Waals surface area contributed by atoms with Crippen molar-refractivity contribution in [2.45, 2.75) is 38.6 Å². The van der Waals surface area contributed by atoms with E-state index in [-0.39, 0.29) is 17.6 Å². The number of likely N-dealkylation sites (tertiary alicyclic amines) is 2. The molecule has 2 rings (SSSR count). The first-order chi connectivity index (χ1) is 9.35. The van der Waals surface area contributed by atoms with Crippen LogP contribution in [0, 0.1) is 5.92 Å². The van der Waals surface area contributed by atoms with E-state index in [1.165, 1.54) is 19.3 Å². The molecule has 0 saturated carbocycles. The van der Waals surface area contributed by atoms with Gasteiger partial charge in [-0.3, -0.25) is 9.69 Å². The Kier molecular flexibility index (Phi) is 5.31. The topological polar surface area (TPSA) is 57.7 Å². The van der Waals surface area contributed by atoms with Gasteiger partial charge >= 0.3 is 0 Å². The van der Waals surface area contributed by atoms with E-state index in [0.29, 0.717) is 25.6 Å². The molecule has 20 heavy (non-hydrogen) atoms. The zero-order valence-electron chi connectivity index (χ0n) is 11.9. The second kappa shape index (κ2) is 6.62. The maximum absolute atomic E-state index is 11.9. The highest BCUT2D eigenvalue weighted by Crippen LogP contribution is 2.21. The standard InChI is InChI=1S/C13H23ClN2O3S/c1-11-4-2-3-5-15(11)6-7-16-9-12(8-13(16)17)10-20(14,18)19/h11-12H,2-10H2,1H3. The highest BCUT2D eigenvalue weighted by Gasteiger charge is 2.32. The molecule has 0 N–H and O–H groups in total. The van der Waals surface area contributed by atoms with Crippen LogP contribution in [0.4, 0.5) is 0 Å². The minimum atomic E-state index is -3.52. The Labute approximate surface area is 125 Å². The molecule has 0 aliphatic carbocycles. The number of hydrogen-bond acceptors (Lipinski definition) is 4. The van der Waals surface area contributed by atoms with Crippen molar-refractivity contribution < 1.29 is 13.2 Å². The van der Waals surface area contributed by atoms with Gasteiger partial charge in [-0.05, 0) is 26.3 Å². The molecule has 2 aliphatic heterocycles. The fourth-order valence-electron chi connectivity index (χ4n) is 3.20. The summed E-state index contributed by atoms with van der Waals surface area (Å²) in [5.74, 6) is -0.194. The van der Waals surface area contributed by atoms with Crippen LogP contribution in [0.3, 0.4) is 0 Å². The van der Waals surface area contributed by atoms with Gasteiger partial charge in [0.2, 0.25) is 15.0 Å². The highest BCUT2D eigenvalue weighted by atomic mass is 35.7. The van der Waals surface area contributed by atoms with Crippen molar-refractivity contribution in [3.05, 3.63) is 0 Å². The minimum Gasteiger partial charge on any atom is -0.341 e. The molecule has 7 heteroatoms. The maximum atomic E-state index is 11.9. The third-order valence-corrected chi connectivity index (χ3v) is 5.57. The third-order valence-electron chi connectivity index (χ3n) is 4.33. The van der Waals surface area contributed by atoms with Crippen LogP contribution in [-0.4, -0.2) is 62.1 Å². The fourth-order valence-corrected chi connectivity index (χ4v) is 4.52. The molecule has 0 radical (unpaired) electrons. The summed E-state index contributed by atoms with van der Waals surface area (Å²) in [5.41, 5.74) is 0. The van der Waals surface area contributed by atoms with Gasteiger partial charge in [-0.15, -0.1) is 0 Å². The van der Waals surface area contributed by atoms with Crippen molar-refractivity contribution in [3.63, 3.8) is 0 Å². The molecule has 116 valence electrons. The normalized spacial score (nSPS) is 29.1. The molecular formula is C13H23ClN2O3S. The number of halogens is 1. The van der Waals surface area contributed by atoms with E-state index in [4.69, 9.17) is 10.7 Å². The van der Waals surface area contributed by atoms with Gasteiger partial charge in [0.1, 0.15) is 0 Å². The quantitative estimate of drug-likeness (QED) is 0.715. The van der Waals surface area contributed by atoms with Crippen molar-refractivity contribution in [1.29, 1.82) is 0 Å². The molecule has 2 atom stereocenters. The Morgan fingerprint density at radius 3 is 2.70 bits per heavy atom. The Morgan fingerprint density at radius 1 is 1.30 bits per heavy atom. The number of carbonyl (C=O) groups excluding carboxylic acids is 1. The Morgan fingerprint density at radius 2 is 2.05 bits per heavy atom. The number of rotatable bonds is 5. The molecule has 0 spiro atoms. The molecule has 2 aliphatic rings. The first-order valence-electron chi connectivity index (χ1n) is 7.29. The zero-order chi connectivity index (χ0) is 14.8. The molecule has 0 bridgehead atoms. The SMILES string of the molecule is CC1CCCCN1CCN1CC(CS(=O)(=O)Cl)CC1=O. The zero-order valence-corrected chi connectivity index (χ0v) is 13.5. The van der Waals surface area contributed by atoms with E-state index in [2.05, 4.69) is 11.8 Å². The molecule has 1 amide bonds. The molecular weight excluding hydrogens is 300 g/mol. The van der Waals surface area contributed by atoms with E-state index < -0.39 is 9.05 Å². The average molecular weight is 323 g/mol. The number of nitrogens with zero attached hydrogens (tertiary/aromatic N) is 2. The van der Waals surface area contributed by atoms with Crippen LogP contribution >= 0.6 is 10.7 Å². The molecule has 0 aromatic rings. The van der Waals surface area contributed by atoms with Gasteiger partial charge in [0.25, 0.3) is 0 Å². The van der Waals surface area contributed by atoms with Crippen LogP contribution in [0.25, 0.3) is 0 Å². The summed E-state index contributed by atoms with van der Waals surface area (Å²) in [5, 5.41) is 0. The fraction of sp³-hybridized carbons (Fsp3) is 0.923. The first-order valence-corrected chi connectivity index (χ1v) is 9.77. The van der Waals surface area contributed by atoms with Crippen molar-refractivity contribution in [1.82, 2.24) is 9.80 Å². The van der Waals surface area contributed by atoms with Crippen LogP contribution in [0.1, 0.15) is 32.6 Å². The molecule has 2 fully saturated rings. The summed E-state index contributed by atoms with van der Waals surface area (Å²) in [4.78, 5) is 16.1. The van der Waals surface area contributed by atoms with Gasteiger partial charge in [-0.1, -0.05) is 6.42 Å². The number of carbonyl (C=O) groups is 1. The van der Waals surface area contributed by atoms with Gasteiger partial charge in [0.15, 0.2) is 0 Å². The Balaban J connectivity index is 1.80. The summed E-state index contributed by atoms with van der Waals surface area (Å²) in [6.45, 7) is 5.43. The lowest BCUT2D eigenvalue weighted by Crippen LogP contribution is -2.43. The van der Waals surface area contributed by atoms with Crippen LogP contribution in [0.5, 0.6) is 0 Å². The van der Waals surface area contributed by atoms with Gasteiger partial charge in [-0.25, -0.2) is 8.42 Å². The summed E-state index contributed by atoms with van der Waals surface area (Å²) in [6, 6.07) is 0.584. The molecule has 2 heterocycles. The van der Waals surface area contributed by atoms with Crippen LogP contribution in [0.2, 0.25) is 0 Å². The van der Waals surface area contributed by atoms with Crippen LogP contribution in [0.15, 0.2) is 0 Å². The lowest BCUT2D eigenvalue weighted by Gasteiger charge is -2.34. The number of hydrogen-bond donors (Lipinski definition) is 0. The smallest absolute Gasteiger partial charge is 0.232 e. The Bertz CT molecular complexity index is 455. The van der Waals surface area contributed by atoms with Crippen LogP contribution in [-0.2, 0) is 13.8 Å². The molecule has 2 saturated heterocycles. The van der Waals surface area contributed by atoms with Crippen molar-refractivity contribution in [3.8, 4) is 0 Å². The van der Waals surface area contributed by atoms with Gasteiger partial charge in [0, 0.05) is 48.7 Å². The highest BCUT2D eigenvalue weighted by molar-refractivity contribution is 8.13. The van der Waals surface area contributed by atoms with Gasteiger partial charge < -0.3 is 4.90 Å². The minimum absolute atomic E-state index is 0.0555. The predicted octanol–water partition coefficient (Wildman–Crippen LogP) is 1.28. The molecule has 2 unspecified atom stereocenters. The van der Waals surface area contributed by atoms with Gasteiger partial charge in [0.05, 0.1) is 5.75 Å². The number of amides is 1. The van der Waals surface area contributed by atoms with Crippen molar-refractivity contribution in [2.24, 2.45) is 5.92 Å². The summed E-state index contributed by atoms with van der Waals surface area (Å²) < 4.78 is 22.2. The van der Waals surface area contributed by atoms with Gasteiger partial charge in [-0.2, -0.15) is 0 Å². The molecule has 0 aromatic carbocycles. The third kappa shape index (κ3) is 4.60. The van der Waals surface area contributed by atoms with E-state index in [9.17, 15) is 13.2 Å². The summed E-state index contributed by atoms with van der Waals surface area (Å²) in [6.07, 6.45) is 4.05. The van der Waals surface area contributed by atoms with Crippen molar-refractivity contribution in [2.75, 3.05) is 31.9 Å². The largest absolute Gasteiger partial charge is 0.341 e. The lowest BCUT2D eigenvalue weighted by atomic mass is 10.0. The van der Waals surface area contributed by atoms with E-state index in [1.54, 1.807) is 4.90 Å². The van der Waals surface area contributed by atoms with E-state index in [0.717, 1.165) is 13.1 Å². The second-order valence-corrected chi connectivity index (χ2v) is 8.82. The number of piperidine rings is 1. The maximum Gasteiger partial charge on any atom is 0.232 e. The van der Waals surface area contributed by atoms with E-state index >= 15 is 0 Å². The van der Waals surface area contributed by atoms with Crippen molar-refractivity contribution >= 4 is 25.6 Å². The Hall–Kier alpha value is -0.330. The second-order valence-electron chi connectivity index (χ2n) is 6.00. The average Bonchev–Trinajstić information content (AvgIpc) is 2.66. The first kappa shape index (κ1) is 16.0. The summed E-state index contributed by atoms with van der Waals surface area (Å²) >= 11 is 0. The molecule has 0 aromatic heterocycles. The summed E-state index contributed by atoms with van der Waals surface area (Å²) in [7, 11) is 1.75. The lowest BCUT2D eigenvalue weighted by molar-refractivity contribution is -0.128.